The third kappa shape index (κ3) is 4.29. The Labute approximate surface area is 149 Å². The van der Waals surface area contributed by atoms with Crippen molar-refractivity contribution in [2.45, 2.75) is 32.4 Å². The monoisotopic (exact) mass is 343 g/mol. The van der Waals surface area contributed by atoms with Crippen molar-refractivity contribution in [3.8, 4) is 0 Å². The summed E-state index contributed by atoms with van der Waals surface area (Å²) in [6.07, 6.45) is 5.60. The van der Waals surface area contributed by atoms with Gasteiger partial charge < -0.3 is 19.5 Å². The van der Waals surface area contributed by atoms with Gasteiger partial charge in [-0.05, 0) is 55.2 Å². The molecule has 0 spiro atoms. The van der Waals surface area contributed by atoms with Crippen molar-refractivity contribution >= 4 is 23.0 Å². The highest BCUT2D eigenvalue weighted by molar-refractivity contribution is 7.80. The van der Waals surface area contributed by atoms with Crippen LogP contribution in [0.3, 0.4) is 0 Å². The fourth-order valence-corrected chi connectivity index (χ4v) is 3.26. The molecule has 128 valence electrons. The SMILES string of the molecule is CN(Cc1ccccc1N1CCCCC1)C(=S)NCc1ccco1. The van der Waals surface area contributed by atoms with E-state index in [4.69, 9.17) is 16.6 Å². The minimum atomic E-state index is 0.615. The number of thiocarbonyl (C=S) groups is 1. The molecule has 0 unspecified atom stereocenters. The highest BCUT2D eigenvalue weighted by atomic mass is 32.1. The maximum absolute atomic E-state index is 5.51. The molecule has 0 saturated carbocycles. The first-order chi connectivity index (χ1) is 11.7. The van der Waals surface area contributed by atoms with Gasteiger partial charge in [-0.2, -0.15) is 0 Å². The third-order valence-corrected chi connectivity index (χ3v) is 4.89. The van der Waals surface area contributed by atoms with Crippen LogP contribution in [0.5, 0.6) is 0 Å². The molecule has 0 atom stereocenters. The summed E-state index contributed by atoms with van der Waals surface area (Å²) in [5.74, 6) is 0.888. The minimum Gasteiger partial charge on any atom is -0.467 e. The quantitative estimate of drug-likeness (QED) is 0.835. The Morgan fingerprint density at radius 1 is 1.17 bits per heavy atom. The smallest absolute Gasteiger partial charge is 0.169 e. The molecular formula is C19H25N3OS. The first-order valence-electron chi connectivity index (χ1n) is 8.58. The number of para-hydroxylation sites is 1. The van der Waals surface area contributed by atoms with Gasteiger partial charge in [0.05, 0.1) is 12.8 Å². The predicted octanol–water partition coefficient (Wildman–Crippen LogP) is 3.78. The number of furan rings is 1. The third-order valence-electron chi connectivity index (χ3n) is 4.44. The van der Waals surface area contributed by atoms with Crippen molar-refractivity contribution in [1.29, 1.82) is 0 Å². The summed E-state index contributed by atoms with van der Waals surface area (Å²) in [6.45, 7) is 3.73. The van der Waals surface area contributed by atoms with Gasteiger partial charge in [-0.25, -0.2) is 0 Å². The van der Waals surface area contributed by atoms with E-state index in [-0.39, 0.29) is 0 Å². The van der Waals surface area contributed by atoms with Crippen LogP contribution in [0, 0.1) is 0 Å². The summed E-state index contributed by atoms with van der Waals surface area (Å²) in [4.78, 5) is 4.59. The number of hydrogen-bond donors (Lipinski definition) is 1. The second-order valence-corrected chi connectivity index (χ2v) is 6.66. The zero-order valence-corrected chi connectivity index (χ0v) is 15.0. The molecule has 1 saturated heterocycles. The van der Waals surface area contributed by atoms with Gasteiger partial charge in [0.25, 0.3) is 0 Å². The van der Waals surface area contributed by atoms with E-state index in [2.05, 4.69) is 39.4 Å². The predicted molar refractivity (Wildman–Crippen MR) is 102 cm³/mol. The molecule has 24 heavy (non-hydrogen) atoms. The highest BCUT2D eigenvalue weighted by Crippen LogP contribution is 2.25. The molecule has 1 N–H and O–H groups in total. The van der Waals surface area contributed by atoms with E-state index >= 15 is 0 Å². The lowest BCUT2D eigenvalue weighted by Gasteiger charge is -2.32. The number of anilines is 1. The van der Waals surface area contributed by atoms with Crippen LogP contribution in [0.25, 0.3) is 0 Å². The lowest BCUT2D eigenvalue weighted by atomic mass is 10.1. The van der Waals surface area contributed by atoms with Crippen LogP contribution in [0.2, 0.25) is 0 Å². The van der Waals surface area contributed by atoms with Crippen molar-refractivity contribution in [3.63, 3.8) is 0 Å². The highest BCUT2D eigenvalue weighted by Gasteiger charge is 2.15. The number of hydrogen-bond acceptors (Lipinski definition) is 3. The molecule has 2 aromatic rings. The Hall–Kier alpha value is -2.01. The van der Waals surface area contributed by atoms with Gasteiger partial charge in [-0.15, -0.1) is 0 Å². The van der Waals surface area contributed by atoms with E-state index < -0.39 is 0 Å². The fraction of sp³-hybridized carbons (Fsp3) is 0.421. The molecule has 2 heterocycles. The summed E-state index contributed by atoms with van der Waals surface area (Å²) < 4.78 is 5.33. The average molecular weight is 343 g/mol. The van der Waals surface area contributed by atoms with E-state index in [9.17, 15) is 0 Å². The summed E-state index contributed by atoms with van der Waals surface area (Å²) in [6, 6.07) is 12.5. The van der Waals surface area contributed by atoms with E-state index in [0.29, 0.717) is 6.54 Å². The summed E-state index contributed by atoms with van der Waals surface area (Å²) in [7, 11) is 2.03. The Bertz CT molecular complexity index is 650. The topological polar surface area (TPSA) is 31.6 Å². The Morgan fingerprint density at radius 2 is 1.96 bits per heavy atom. The first kappa shape index (κ1) is 16.8. The minimum absolute atomic E-state index is 0.615. The molecule has 0 amide bonds. The number of benzene rings is 1. The van der Waals surface area contributed by atoms with Crippen molar-refractivity contribution in [3.05, 3.63) is 54.0 Å². The van der Waals surface area contributed by atoms with Crippen LogP contribution in [0.15, 0.2) is 47.1 Å². The van der Waals surface area contributed by atoms with E-state index in [0.717, 1.165) is 30.5 Å². The first-order valence-corrected chi connectivity index (χ1v) is 8.99. The standard InChI is InChI=1S/C19H25N3OS/c1-21(19(24)20-14-17-9-7-13-23-17)15-16-8-3-4-10-18(16)22-11-5-2-6-12-22/h3-4,7-10,13H,2,5-6,11-12,14-15H2,1H3,(H,20,24). The molecule has 5 heteroatoms. The summed E-state index contributed by atoms with van der Waals surface area (Å²) in [5, 5.41) is 3.99. The Balaban J connectivity index is 1.61. The second-order valence-electron chi connectivity index (χ2n) is 6.27. The van der Waals surface area contributed by atoms with Crippen LogP contribution in [0.4, 0.5) is 5.69 Å². The molecule has 0 radical (unpaired) electrons. The molecule has 0 aliphatic carbocycles. The number of nitrogens with zero attached hydrogens (tertiary/aromatic N) is 2. The molecule has 1 aromatic carbocycles. The van der Waals surface area contributed by atoms with Crippen LogP contribution in [-0.2, 0) is 13.1 Å². The van der Waals surface area contributed by atoms with Crippen LogP contribution < -0.4 is 10.2 Å². The van der Waals surface area contributed by atoms with Crippen molar-refractivity contribution in [1.82, 2.24) is 10.2 Å². The average Bonchev–Trinajstić information content (AvgIpc) is 3.14. The second kappa shape index (κ2) is 8.20. The number of nitrogens with one attached hydrogen (secondary N) is 1. The van der Waals surface area contributed by atoms with E-state index in [1.807, 2.05) is 19.2 Å². The lowest BCUT2D eigenvalue weighted by molar-refractivity contribution is 0.467. The summed E-state index contributed by atoms with van der Waals surface area (Å²) in [5.41, 5.74) is 2.67. The Morgan fingerprint density at radius 3 is 2.71 bits per heavy atom. The largest absolute Gasteiger partial charge is 0.467 e. The van der Waals surface area contributed by atoms with E-state index in [1.54, 1.807) is 6.26 Å². The Kier molecular flexibility index (Phi) is 5.75. The van der Waals surface area contributed by atoms with Crippen LogP contribution >= 0.6 is 12.2 Å². The normalized spacial score (nSPS) is 14.5. The van der Waals surface area contributed by atoms with Crippen LogP contribution in [0.1, 0.15) is 30.6 Å². The molecule has 4 nitrogen and oxygen atoms in total. The number of piperidine rings is 1. The maximum Gasteiger partial charge on any atom is 0.169 e. The maximum atomic E-state index is 5.51. The zero-order chi connectivity index (χ0) is 16.8. The summed E-state index contributed by atoms with van der Waals surface area (Å²) >= 11 is 5.51. The molecule has 1 aliphatic rings. The molecule has 0 bridgehead atoms. The van der Waals surface area contributed by atoms with Gasteiger partial charge in [0, 0.05) is 32.4 Å². The molecular weight excluding hydrogens is 318 g/mol. The zero-order valence-electron chi connectivity index (χ0n) is 14.2. The van der Waals surface area contributed by atoms with Crippen molar-refractivity contribution < 1.29 is 4.42 Å². The molecule has 1 aromatic heterocycles. The van der Waals surface area contributed by atoms with Gasteiger partial charge in [0.1, 0.15) is 5.76 Å². The van der Waals surface area contributed by atoms with Crippen molar-refractivity contribution in [2.75, 3.05) is 25.0 Å². The number of rotatable bonds is 5. The van der Waals surface area contributed by atoms with Crippen molar-refractivity contribution in [2.24, 2.45) is 0 Å². The van der Waals surface area contributed by atoms with Gasteiger partial charge in [-0.3, -0.25) is 0 Å². The van der Waals surface area contributed by atoms with Gasteiger partial charge in [-0.1, -0.05) is 18.2 Å². The lowest BCUT2D eigenvalue weighted by Crippen LogP contribution is -2.37. The molecule has 3 rings (SSSR count). The van der Waals surface area contributed by atoms with Gasteiger partial charge in [0.2, 0.25) is 0 Å². The molecule has 1 aliphatic heterocycles. The molecule has 1 fully saturated rings. The van der Waals surface area contributed by atoms with E-state index in [1.165, 1.54) is 30.5 Å². The van der Waals surface area contributed by atoms with Gasteiger partial charge >= 0.3 is 0 Å². The fourth-order valence-electron chi connectivity index (χ4n) is 3.13. The van der Waals surface area contributed by atoms with Gasteiger partial charge in [0.15, 0.2) is 5.11 Å². The van der Waals surface area contributed by atoms with Crippen LogP contribution in [-0.4, -0.2) is 30.1 Å².